The zero-order valence-corrected chi connectivity index (χ0v) is 9.42. The predicted octanol–water partition coefficient (Wildman–Crippen LogP) is -3.79. The van der Waals surface area contributed by atoms with E-state index in [-0.39, 0.29) is 0 Å². The number of hydrogen-bond acceptors (Lipinski definition) is 8. The summed E-state index contributed by atoms with van der Waals surface area (Å²) in [6.07, 6.45) is -7.09. The van der Waals surface area contributed by atoms with Crippen molar-refractivity contribution in [3.63, 3.8) is 0 Å². The predicted molar refractivity (Wildman–Crippen MR) is 55.3 cm³/mol. The van der Waals surface area contributed by atoms with Crippen LogP contribution in [0.2, 0.25) is 0 Å². The molecule has 0 unspecified atom stereocenters. The van der Waals surface area contributed by atoms with E-state index in [9.17, 15) is 20.1 Å². The number of ether oxygens (including phenoxy) is 2. The van der Waals surface area contributed by atoms with E-state index in [2.05, 4.69) is 0 Å². The maximum atomic E-state index is 10.5. The van der Waals surface area contributed by atoms with Gasteiger partial charge in [0.15, 0.2) is 6.29 Å². The molecule has 1 fully saturated rings. The van der Waals surface area contributed by atoms with Gasteiger partial charge in [0.25, 0.3) is 0 Å². The number of carboxylic acids is 1. The molecule has 106 valence electrons. The van der Waals surface area contributed by atoms with Crippen LogP contribution in [0, 0.1) is 0 Å². The summed E-state index contributed by atoms with van der Waals surface area (Å²) >= 11 is 0. The zero-order valence-electron chi connectivity index (χ0n) is 9.42. The zero-order chi connectivity index (χ0) is 13.9. The van der Waals surface area contributed by atoms with Crippen LogP contribution >= 0.6 is 0 Å². The van der Waals surface area contributed by atoms with E-state index in [1.807, 2.05) is 0 Å². The summed E-state index contributed by atoms with van der Waals surface area (Å²) < 4.78 is 9.89. The van der Waals surface area contributed by atoms with Crippen LogP contribution in [0.15, 0.2) is 0 Å². The molecule has 6 atom stereocenters. The standard InChI is InChI=1S/C9H17NO8/c10-3(8(15)16)2-17-9-7(14)6(13)5(12)4(1-11)18-9/h3-7,9,11-14H,1-2,10H2,(H,15,16)/t3-,4+,5-,6-,7+,9-/m0/s1. The highest BCUT2D eigenvalue weighted by Crippen LogP contribution is 2.21. The van der Waals surface area contributed by atoms with Crippen molar-refractivity contribution in [2.75, 3.05) is 13.2 Å². The Balaban J connectivity index is 2.56. The summed E-state index contributed by atoms with van der Waals surface area (Å²) in [6, 6.07) is -1.31. The van der Waals surface area contributed by atoms with Crippen LogP contribution in [0.25, 0.3) is 0 Å². The second-order valence-corrected chi connectivity index (χ2v) is 3.98. The molecule has 0 saturated carbocycles. The summed E-state index contributed by atoms with van der Waals surface area (Å²) in [6.45, 7) is -1.03. The quantitative estimate of drug-likeness (QED) is 0.293. The van der Waals surface area contributed by atoms with E-state index < -0.39 is 55.9 Å². The van der Waals surface area contributed by atoms with Crippen molar-refractivity contribution in [2.45, 2.75) is 36.7 Å². The third-order valence-corrected chi connectivity index (χ3v) is 2.61. The van der Waals surface area contributed by atoms with Crippen LogP contribution in [-0.4, -0.2) is 81.5 Å². The smallest absolute Gasteiger partial charge is 0.322 e. The first-order valence-corrected chi connectivity index (χ1v) is 5.29. The van der Waals surface area contributed by atoms with Gasteiger partial charge in [0.05, 0.1) is 13.2 Å². The summed E-state index contributed by atoms with van der Waals surface area (Å²) in [4.78, 5) is 10.5. The fraction of sp³-hybridized carbons (Fsp3) is 0.889. The van der Waals surface area contributed by atoms with Gasteiger partial charge in [-0.2, -0.15) is 0 Å². The topological polar surface area (TPSA) is 163 Å². The first kappa shape index (κ1) is 15.2. The van der Waals surface area contributed by atoms with Crippen LogP contribution in [0.4, 0.5) is 0 Å². The van der Waals surface area contributed by atoms with E-state index in [1.54, 1.807) is 0 Å². The van der Waals surface area contributed by atoms with Crippen molar-refractivity contribution < 1.29 is 39.8 Å². The molecule has 1 aliphatic rings. The van der Waals surface area contributed by atoms with Gasteiger partial charge in [-0.15, -0.1) is 0 Å². The lowest BCUT2D eigenvalue weighted by molar-refractivity contribution is -0.301. The molecule has 1 aliphatic heterocycles. The Hall–Kier alpha value is -0.810. The van der Waals surface area contributed by atoms with E-state index in [4.69, 9.17) is 25.4 Å². The molecule has 1 heterocycles. The third kappa shape index (κ3) is 3.36. The van der Waals surface area contributed by atoms with E-state index in [1.165, 1.54) is 0 Å². The minimum atomic E-state index is -1.57. The van der Waals surface area contributed by atoms with Crippen LogP contribution in [0.3, 0.4) is 0 Å². The molecule has 9 heteroatoms. The monoisotopic (exact) mass is 267 g/mol. The van der Waals surface area contributed by atoms with Gasteiger partial charge in [0, 0.05) is 0 Å². The Morgan fingerprint density at radius 2 is 1.89 bits per heavy atom. The van der Waals surface area contributed by atoms with E-state index in [0.717, 1.165) is 0 Å². The summed E-state index contributed by atoms with van der Waals surface area (Å²) in [5.41, 5.74) is 5.19. The molecule has 0 spiro atoms. The molecule has 18 heavy (non-hydrogen) atoms. The molecule has 7 N–H and O–H groups in total. The average Bonchev–Trinajstić information content (AvgIpc) is 2.34. The second kappa shape index (κ2) is 6.38. The molecule has 9 nitrogen and oxygen atoms in total. The van der Waals surface area contributed by atoms with Crippen LogP contribution in [0.1, 0.15) is 0 Å². The maximum Gasteiger partial charge on any atom is 0.322 e. The highest BCUT2D eigenvalue weighted by Gasteiger charge is 2.44. The van der Waals surface area contributed by atoms with Gasteiger partial charge in [-0.25, -0.2) is 0 Å². The van der Waals surface area contributed by atoms with Gasteiger partial charge in [0.2, 0.25) is 0 Å². The maximum absolute atomic E-state index is 10.5. The lowest BCUT2D eigenvalue weighted by Gasteiger charge is -2.39. The average molecular weight is 267 g/mol. The summed E-state index contributed by atoms with van der Waals surface area (Å²) in [5.74, 6) is -1.29. The molecule has 0 bridgehead atoms. The molecule has 0 aliphatic carbocycles. The van der Waals surface area contributed by atoms with E-state index >= 15 is 0 Å². The molecule has 0 amide bonds. The summed E-state index contributed by atoms with van der Waals surface area (Å²) in [7, 11) is 0. The number of carbonyl (C=O) groups is 1. The third-order valence-electron chi connectivity index (χ3n) is 2.61. The number of rotatable bonds is 5. The van der Waals surface area contributed by atoms with Crippen molar-refractivity contribution in [2.24, 2.45) is 5.73 Å². The van der Waals surface area contributed by atoms with Gasteiger partial charge < -0.3 is 40.7 Å². The lowest BCUT2D eigenvalue weighted by atomic mass is 9.99. The van der Waals surface area contributed by atoms with Crippen LogP contribution in [-0.2, 0) is 14.3 Å². The van der Waals surface area contributed by atoms with Gasteiger partial charge in [-0.3, -0.25) is 4.79 Å². The molecular formula is C9H17NO8. The molecule has 0 aromatic carbocycles. The van der Waals surface area contributed by atoms with Crippen molar-refractivity contribution in [1.82, 2.24) is 0 Å². The molecule has 0 radical (unpaired) electrons. The van der Waals surface area contributed by atoms with Crippen molar-refractivity contribution in [1.29, 1.82) is 0 Å². The largest absolute Gasteiger partial charge is 0.480 e. The lowest BCUT2D eigenvalue weighted by Crippen LogP contribution is -2.59. The first-order chi connectivity index (χ1) is 8.38. The molecular weight excluding hydrogens is 250 g/mol. The molecule has 0 aromatic rings. The SMILES string of the molecule is N[C@@H](CO[C@H]1O[C@H](CO)[C@H](O)[C@H](O)[C@H]1O)C(=O)O. The Labute approximate surface area is 102 Å². The Morgan fingerprint density at radius 1 is 1.28 bits per heavy atom. The number of aliphatic hydroxyl groups is 4. The van der Waals surface area contributed by atoms with E-state index in [0.29, 0.717) is 0 Å². The highest BCUT2D eigenvalue weighted by atomic mass is 16.7. The summed E-state index contributed by atoms with van der Waals surface area (Å²) in [5, 5.41) is 45.9. The van der Waals surface area contributed by atoms with Crippen LogP contribution in [0.5, 0.6) is 0 Å². The minimum absolute atomic E-state index is 0.446. The van der Waals surface area contributed by atoms with Crippen molar-refractivity contribution in [3.8, 4) is 0 Å². The van der Waals surface area contributed by atoms with Gasteiger partial charge in [-0.1, -0.05) is 0 Å². The van der Waals surface area contributed by atoms with Gasteiger partial charge in [0.1, 0.15) is 30.5 Å². The fourth-order valence-electron chi connectivity index (χ4n) is 1.47. The number of aliphatic carboxylic acids is 1. The van der Waals surface area contributed by atoms with Crippen molar-refractivity contribution in [3.05, 3.63) is 0 Å². The molecule has 1 saturated heterocycles. The van der Waals surface area contributed by atoms with Gasteiger partial charge >= 0.3 is 5.97 Å². The number of carboxylic acid groups (broad SMARTS) is 1. The Bertz CT molecular complexity index is 286. The molecule has 1 rings (SSSR count). The minimum Gasteiger partial charge on any atom is -0.480 e. The van der Waals surface area contributed by atoms with Gasteiger partial charge in [-0.05, 0) is 0 Å². The normalized spacial score (nSPS) is 38.4. The Morgan fingerprint density at radius 3 is 2.39 bits per heavy atom. The highest BCUT2D eigenvalue weighted by molar-refractivity contribution is 5.73. The number of hydrogen-bond donors (Lipinski definition) is 6. The van der Waals surface area contributed by atoms with Crippen LogP contribution < -0.4 is 5.73 Å². The first-order valence-electron chi connectivity index (χ1n) is 5.29. The number of aliphatic hydroxyl groups excluding tert-OH is 4. The second-order valence-electron chi connectivity index (χ2n) is 3.98. The fourth-order valence-corrected chi connectivity index (χ4v) is 1.47. The molecule has 0 aromatic heterocycles. The Kier molecular flexibility index (Phi) is 5.41. The van der Waals surface area contributed by atoms with Crippen molar-refractivity contribution >= 4 is 5.97 Å². The number of nitrogens with two attached hydrogens (primary N) is 1.